The molecule has 0 atom stereocenters. The van der Waals surface area contributed by atoms with Crippen molar-refractivity contribution in [2.24, 2.45) is 0 Å². The largest absolute Gasteiger partial charge is 0.401 e. The number of carbonyl (C=O) groups is 1. The Bertz CT molecular complexity index is 239. The van der Waals surface area contributed by atoms with Crippen LogP contribution in [-0.2, 0) is 4.79 Å². The van der Waals surface area contributed by atoms with Crippen molar-refractivity contribution < 1.29 is 18.0 Å². The van der Waals surface area contributed by atoms with Crippen LogP contribution in [0.25, 0.3) is 0 Å². The lowest BCUT2D eigenvalue weighted by Gasteiger charge is -2.07. The Kier molecular flexibility index (Phi) is 5.72. The lowest BCUT2D eigenvalue weighted by molar-refractivity contribution is -0.128. The van der Waals surface area contributed by atoms with Crippen LogP contribution >= 0.6 is 0 Å². The van der Waals surface area contributed by atoms with Crippen LogP contribution < -0.4 is 10.6 Å². The zero-order valence-electron chi connectivity index (χ0n) is 7.66. The van der Waals surface area contributed by atoms with Crippen LogP contribution in [0.15, 0.2) is 0 Å². The van der Waals surface area contributed by atoms with Crippen molar-refractivity contribution in [2.75, 3.05) is 19.6 Å². The molecule has 2 N–H and O–H groups in total. The second-order valence-corrected chi connectivity index (χ2v) is 2.42. The first-order chi connectivity index (χ1) is 6.45. The van der Waals surface area contributed by atoms with E-state index in [-0.39, 0.29) is 13.1 Å². The third-order valence-corrected chi connectivity index (χ3v) is 1.16. The van der Waals surface area contributed by atoms with Gasteiger partial charge in [0, 0.05) is 0 Å². The van der Waals surface area contributed by atoms with E-state index in [9.17, 15) is 18.0 Å². The minimum absolute atomic E-state index is 0.156. The molecule has 0 aliphatic rings. The predicted molar refractivity (Wildman–Crippen MR) is 45.4 cm³/mol. The smallest absolute Gasteiger partial charge is 0.344 e. The highest BCUT2D eigenvalue weighted by Gasteiger charge is 2.26. The van der Waals surface area contributed by atoms with Gasteiger partial charge in [0.15, 0.2) is 0 Å². The maximum absolute atomic E-state index is 11.6. The van der Waals surface area contributed by atoms with Gasteiger partial charge in [-0.25, -0.2) is 0 Å². The number of halogens is 3. The minimum Gasteiger partial charge on any atom is -0.344 e. The summed E-state index contributed by atoms with van der Waals surface area (Å²) in [6.45, 7) is 0.238. The van der Waals surface area contributed by atoms with Gasteiger partial charge in [-0.1, -0.05) is 5.92 Å². The second kappa shape index (κ2) is 6.27. The molecule has 14 heavy (non-hydrogen) atoms. The fourth-order valence-electron chi connectivity index (χ4n) is 0.611. The molecule has 0 saturated carbocycles. The summed E-state index contributed by atoms with van der Waals surface area (Å²) in [7, 11) is 0. The van der Waals surface area contributed by atoms with Gasteiger partial charge >= 0.3 is 6.18 Å². The van der Waals surface area contributed by atoms with Gasteiger partial charge in [-0.3, -0.25) is 4.79 Å². The van der Waals surface area contributed by atoms with Crippen molar-refractivity contribution in [3.05, 3.63) is 0 Å². The zero-order chi connectivity index (χ0) is 11.0. The maximum atomic E-state index is 11.6. The molecule has 0 saturated heterocycles. The molecule has 0 rings (SSSR count). The predicted octanol–water partition coefficient (Wildman–Crippen LogP) is 0.278. The fraction of sp³-hybridized carbons (Fsp3) is 0.625. The lowest BCUT2D eigenvalue weighted by Crippen LogP contribution is -2.38. The molecule has 0 fully saturated rings. The summed E-state index contributed by atoms with van der Waals surface area (Å²) in [5, 5.41) is 4.29. The van der Waals surface area contributed by atoms with Gasteiger partial charge in [0.1, 0.15) is 0 Å². The summed E-state index contributed by atoms with van der Waals surface area (Å²) in [5.41, 5.74) is 0. The Hall–Kier alpha value is -1.22. The molecule has 0 aromatic carbocycles. The van der Waals surface area contributed by atoms with Crippen molar-refractivity contribution in [3.63, 3.8) is 0 Å². The van der Waals surface area contributed by atoms with Crippen molar-refractivity contribution >= 4 is 5.91 Å². The number of hydrogen-bond acceptors (Lipinski definition) is 2. The van der Waals surface area contributed by atoms with Crippen LogP contribution in [-0.4, -0.2) is 31.7 Å². The van der Waals surface area contributed by atoms with Crippen molar-refractivity contribution in [1.29, 1.82) is 0 Å². The van der Waals surface area contributed by atoms with Gasteiger partial charge in [0.2, 0.25) is 5.91 Å². The second-order valence-electron chi connectivity index (χ2n) is 2.42. The van der Waals surface area contributed by atoms with Gasteiger partial charge < -0.3 is 10.6 Å². The first-order valence-corrected chi connectivity index (χ1v) is 3.89. The number of carbonyl (C=O) groups excluding carboxylic acids is 1. The first-order valence-electron chi connectivity index (χ1n) is 3.89. The molecule has 3 nitrogen and oxygen atoms in total. The Morgan fingerprint density at radius 3 is 2.57 bits per heavy atom. The van der Waals surface area contributed by atoms with Crippen LogP contribution in [0.1, 0.15) is 6.92 Å². The third-order valence-electron chi connectivity index (χ3n) is 1.16. The molecule has 0 unspecified atom stereocenters. The Morgan fingerprint density at radius 1 is 1.43 bits per heavy atom. The van der Waals surface area contributed by atoms with E-state index in [1.807, 2.05) is 5.32 Å². The van der Waals surface area contributed by atoms with E-state index in [4.69, 9.17) is 0 Å². The summed E-state index contributed by atoms with van der Waals surface area (Å²) in [4.78, 5) is 10.8. The molecule has 1 amide bonds. The molecule has 0 bridgehead atoms. The highest BCUT2D eigenvalue weighted by molar-refractivity contribution is 5.78. The normalized spacial score (nSPS) is 10.3. The molecule has 0 spiro atoms. The fourth-order valence-corrected chi connectivity index (χ4v) is 0.611. The molecule has 80 valence electrons. The summed E-state index contributed by atoms with van der Waals surface area (Å²) in [6.07, 6.45) is -4.29. The molecule has 0 radical (unpaired) electrons. The van der Waals surface area contributed by atoms with E-state index < -0.39 is 18.6 Å². The number of hydrogen-bond donors (Lipinski definition) is 2. The molecule has 6 heteroatoms. The van der Waals surface area contributed by atoms with Gasteiger partial charge in [-0.05, 0) is 6.92 Å². The summed E-state index contributed by atoms with van der Waals surface area (Å²) in [6, 6.07) is 0. The lowest BCUT2D eigenvalue weighted by atomic mass is 10.5. The van der Waals surface area contributed by atoms with E-state index in [2.05, 4.69) is 17.2 Å². The molecule has 0 aliphatic heterocycles. The van der Waals surface area contributed by atoms with E-state index in [1.165, 1.54) is 0 Å². The van der Waals surface area contributed by atoms with E-state index >= 15 is 0 Å². The van der Waals surface area contributed by atoms with E-state index in [1.54, 1.807) is 6.92 Å². The molecule has 0 aliphatic carbocycles. The number of rotatable bonds is 4. The summed E-state index contributed by atoms with van der Waals surface area (Å²) < 4.78 is 34.8. The monoisotopic (exact) mass is 208 g/mol. The standard InChI is InChI=1S/C8H11F3N2O/c1-2-3-4-13-7(14)5-12-6-8(9,10)11/h12H,4-6H2,1H3,(H,13,14). The highest BCUT2D eigenvalue weighted by atomic mass is 19.4. The van der Waals surface area contributed by atoms with Gasteiger partial charge in [0.05, 0.1) is 19.6 Å². The zero-order valence-corrected chi connectivity index (χ0v) is 7.66. The quantitative estimate of drug-likeness (QED) is 0.651. The Morgan fingerprint density at radius 2 is 2.07 bits per heavy atom. The summed E-state index contributed by atoms with van der Waals surface area (Å²) >= 11 is 0. The molecule has 0 aromatic rings. The van der Waals surface area contributed by atoms with Crippen LogP contribution in [0.2, 0.25) is 0 Å². The third kappa shape index (κ3) is 8.87. The van der Waals surface area contributed by atoms with Crippen molar-refractivity contribution in [2.45, 2.75) is 13.1 Å². The molecular formula is C8H11F3N2O. The first kappa shape index (κ1) is 12.8. The minimum atomic E-state index is -4.29. The highest BCUT2D eigenvalue weighted by Crippen LogP contribution is 2.11. The Labute approximate surface area is 80.1 Å². The van der Waals surface area contributed by atoms with E-state index in [0.717, 1.165) is 0 Å². The average molecular weight is 208 g/mol. The van der Waals surface area contributed by atoms with Crippen LogP contribution in [0.5, 0.6) is 0 Å². The van der Waals surface area contributed by atoms with Crippen LogP contribution in [0.3, 0.4) is 0 Å². The van der Waals surface area contributed by atoms with Crippen LogP contribution in [0.4, 0.5) is 13.2 Å². The molecular weight excluding hydrogens is 197 g/mol. The topological polar surface area (TPSA) is 41.1 Å². The number of amides is 1. The van der Waals surface area contributed by atoms with Gasteiger partial charge in [0.25, 0.3) is 0 Å². The average Bonchev–Trinajstić information content (AvgIpc) is 2.02. The van der Waals surface area contributed by atoms with Crippen LogP contribution in [0, 0.1) is 11.8 Å². The maximum Gasteiger partial charge on any atom is 0.401 e. The summed E-state index contributed by atoms with van der Waals surface area (Å²) in [5.74, 6) is 4.59. The van der Waals surface area contributed by atoms with Crippen molar-refractivity contribution in [1.82, 2.24) is 10.6 Å². The van der Waals surface area contributed by atoms with E-state index in [0.29, 0.717) is 0 Å². The molecule has 0 aromatic heterocycles. The van der Waals surface area contributed by atoms with Gasteiger partial charge in [-0.15, -0.1) is 5.92 Å². The van der Waals surface area contributed by atoms with Gasteiger partial charge in [-0.2, -0.15) is 13.2 Å². The molecule has 0 heterocycles. The Balaban J connectivity index is 3.48. The van der Waals surface area contributed by atoms with Crippen molar-refractivity contribution in [3.8, 4) is 11.8 Å². The number of alkyl halides is 3. The SMILES string of the molecule is CC#CCNC(=O)CNCC(F)(F)F. The number of nitrogens with one attached hydrogen (secondary N) is 2.